The van der Waals surface area contributed by atoms with Crippen LogP contribution >= 0.6 is 0 Å². The highest BCUT2D eigenvalue weighted by molar-refractivity contribution is 5.98. The molecule has 23 heavy (non-hydrogen) atoms. The van der Waals surface area contributed by atoms with Gasteiger partial charge in [-0.2, -0.15) is 0 Å². The smallest absolute Gasteiger partial charge is 0.228 e. The summed E-state index contributed by atoms with van der Waals surface area (Å²) >= 11 is 0. The van der Waals surface area contributed by atoms with Crippen LogP contribution in [0.25, 0.3) is 10.8 Å². The molecule has 0 unspecified atom stereocenters. The van der Waals surface area contributed by atoms with E-state index in [-0.39, 0.29) is 17.7 Å². The van der Waals surface area contributed by atoms with Crippen LogP contribution in [-0.4, -0.2) is 11.9 Å². The second-order valence-electron chi connectivity index (χ2n) is 6.37. The van der Waals surface area contributed by atoms with E-state index in [1.54, 1.807) is 0 Å². The zero-order chi connectivity index (χ0) is 16.0. The van der Waals surface area contributed by atoms with Crippen molar-refractivity contribution in [2.75, 3.05) is 5.32 Å². The predicted molar refractivity (Wildman–Crippen MR) is 85.3 cm³/mol. The van der Waals surface area contributed by atoms with Crippen LogP contribution in [0.4, 0.5) is 5.69 Å². The third kappa shape index (κ3) is 2.31. The van der Waals surface area contributed by atoms with Crippen molar-refractivity contribution >= 4 is 28.3 Å². The molecule has 0 saturated heterocycles. The average Bonchev–Trinajstić information content (AvgIpc) is 3.15. The average molecular weight is 306 g/mol. The van der Waals surface area contributed by atoms with Crippen LogP contribution in [0.5, 0.6) is 0 Å². The van der Waals surface area contributed by atoms with Gasteiger partial charge in [-0.05, 0) is 41.2 Å². The van der Waals surface area contributed by atoms with Gasteiger partial charge in [-0.3, -0.25) is 4.79 Å². The zero-order valence-electron chi connectivity index (χ0n) is 12.4. The number of hydrogen-bond donors (Lipinski definition) is 1. The summed E-state index contributed by atoms with van der Waals surface area (Å²) in [5, 5.41) is 16.4. The van der Waals surface area contributed by atoms with Crippen molar-refractivity contribution in [3.8, 4) is 0 Å². The Kier molecular flexibility index (Phi) is 3.18. The van der Waals surface area contributed by atoms with Crippen molar-refractivity contribution in [1.29, 1.82) is 0 Å². The lowest BCUT2D eigenvalue weighted by Gasteiger charge is -2.27. The molecule has 0 heterocycles. The maximum Gasteiger partial charge on any atom is 0.228 e. The van der Waals surface area contributed by atoms with E-state index in [0.29, 0.717) is 5.69 Å². The molecule has 2 aromatic rings. The van der Waals surface area contributed by atoms with Crippen molar-refractivity contribution in [1.82, 2.24) is 0 Å². The van der Waals surface area contributed by atoms with Gasteiger partial charge in [0, 0.05) is 17.6 Å². The van der Waals surface area contributed by atoms with Gasteiger partial charge in [0.15, 0.2) is 0 Å². The van der Waals surface area contributed by atoms with E-state index in [1.807, 2.05) is 54.6 Å². The number of carboxylic acid groups (broad SMARTS) is 1. The molecule has 0 radical (unpaired) electrons. The van der Waals surface area contributed by atoms with E-state index < -0.39 is 17.8 Å². The molecule has 1 saturated carbocycles. The molecule has 2 aliphatic carbocycles. The van der Waals surface area contributed by atoms with Crippen LogP contribution in [-0.2, 0) is 9.59 Å². The van der Waals surface area contributed by atoms with Gasteiger partial charge >= 0.3 is 0 Å². The number of carboxylic acids is 1. The van der Waals surface area contributed by atoms with Crippen LogP contribution in [0, 0.1) is 23.7 Å². The molecule has 0 spiro atoms. The minimum atomic E-state index is -1.12. The van der Waals surface area contributed by atoms with Gasteiger partial charge in [-0.25, -0.2) is 0 Å². The Labute approximate surface area is 133 Å². The van der Waals surface area contributed by atoms with Crippen LogP contribution < -0.4 is 10.4 Å². The Bertz CT molecular complexity index is 826. The predicted octanol–water partition coefficient (Wildman–Crippen LogP) is 1.97. The van der Waals surface area contributed by atoms with Gasteiger partial charge in [0.25, 0.3) is 0 Å². The quantitative estimate of drug-likeness (QED) is 0.881. The molecule has 4 atom stereocenters. The molecule has 2 aliphatic rings. The van der Waals surface area contributed by atoms with E-state index in [4.69, 9.17) is 0 Å². The molecular formula is C19H16NO3-. The lowest BCUT2D eigenvalue weighted by Crippen LogP contribution is -2.42. The third-order valence-electron chi connectivity index (χ3n) is 5.05. The molecule has 4 heteroatoms. The number of rotatable bonds is 3. The van der Waals surface area contributed by atoms with Gasteiger partial charge in [0.05, 0.1) is 5.92 Å². The van der Waals surface area contributed by atoms with E-state index in [9.17, 15) is 14.7 Å². The number of amides is 1. The number of nitrogens with one attached hydrogen (secondary N) is 1. The molecule has 1 N–H and O–H groups in total. The third-order valence-corrected chi connectivity index (χ3v) is 5.05. The number of fused-ring (bicyclic) bond motifs is 3. The summed E-state index contributed by atoms with van der Waals surface area (Å²) in [7, 11) is 0. The zero-order valence-corrected chi connectivity index (χ0v) is 12.4. The molecule has 4 rings (SSSR count). The highest BCUT2D eigenvalue weighted by atomic mass is 16.4. The Morgan fingerprint density at radius 1 is 0.957 bits per heavy atom. The van der Waals surface area contributed by atoms with E-state index in [2.05, 4.69) is 5.32 Å². The first-order chi connectivity index (χ1) is 11.1. The maximum absolute atomic E-state index is 12.6. The molecular weight excluding hydrogens is 290 g/mol. The number of benzene rings is 2. The number of anilines is 1. The van der Waals surface area contributed by atoms with Gasteiger partial charge in [0.2, 0.25) is 5.91 Å². The Hall–Kier alpha value is -2.62. The van der Waals surface area contributed by atoms with E-state index in [0.717, 1.165) is 17.2 Å². The van der Waals surface area contributed by atoms with Crippen molar-refractivity contribution < 1.29 is 14.7 Å². The van der Waals surface area contributed by atoms with Gasteiger partial charge in [-0.15, -0.1) is 0 Å². The minimum Gasteiger partial charge on any atom is -0.550 e. The summed E-state index contributed by atoms with van der Waals surface area (Å²) < 4.78 is 0. The standard InChI is InChI=1S/C19H17NO3/c21-18(16-13-5-6-14(9-13)17(16)19(22)23)20-15-8-7-11-3-1-2-4-12(11)10-15/h1-8,10,13-14,16-17H,9H2,(H,20,21)(H,22,23)/p-1/t13-,14-,16-,17-/m0/s1. The summed E-state index contributed by atoms with van der Waals surface area (Å²) in [6, 6.07) is 13.6. The SMILES string of the molecule is O=C([O-])[C@@H]1[C@@H](C(=O)Nc2ccc3ccccc3c2)[C@H]2C=C[C@H]1C2. The Morgan fingerprint density at radius 2 is 1.65 bits per heavy atom. The monoisotopic (exact) mass is 306 g/mol. The largest absolute Gasteiger partial charge is 0.550 e. The van der Waals surface area contributed by atoms with Crippen LogP contribution in [0.2, 0.25) is 0 Å². The molecule has 1 amide bonds. The lowest BCUT2D eigenvalue weighted by atomic mass is 9.82. The fourth-order valence-electron chi connectivity index (χ4n) is 3.99. The summed E-state index contributed by atoms with van der Waals surface area (Å²) in [6.45, 7) is 0. The summed E-state index contributed by atoms with van der Waals surface area (Å²) in [4.78, 5) is 24.0. The summed E-state index contributed by atoms with van der Waals surface area (Å²) in [5.41, 5.74) is 0.692. The number of hydrogen-bond acceptors (Lipinski definition) is 3. The highest BCUT2D eigenvalue weighted by Gasteiger charge is 2.48. The first kappa shape index (κ1) is 14.0. The number of carbonyl (C=O) groups is 2. The van der Waals surface area contributed by atoms with Gasteiger partial charge < -0.3 is 15.2 Å². The molecule has 1 fully saturated rings. The Morgan fingerprint density at radius 3 is 2.39 bits per heavy atom. The highest BCUT2D eigenvalue weighted by Crippen LogP contribution is 2.48. The first-order valence-corrected chi connectivity index (χ1v) is 7.82. The fourth-order valence-corrected chi connectivity index (χ4v) is 3.99. The molecule has 116 valence electrons. The first-order valence-electron chi connectivity index (χ1n) is 7.82. The van der Waals surface area contributed by atoms with Crippen LogP contribution in [0.3, 0.4) is 0 Å². The van der Waals surface area contributed by atoms with E-state index in [1.165, 1.54) is 0 Å². The van der Waals surface area contributed by atoms with Crippen molar-refractivity contribution in [3.63, 3.8) is 0 Å². The molecule has 0 aromatic heterocycles. The normalized spacial score (nSPS) is 28.2. The van der Waals surface area contributed by atoms with Gasteiger partial charge in [0.1, 0.15) is 0 Å². The van der Waals surface area contributed by atoms with Crippen molar-refractivity contribution in [3.05, 3.63) is 54.6 Å². The lowest BCUT2D eigenvalue weighted by molar-refractivity contribution is -0.313. The molecule has 4 nitrogen and oxygen atoms in total. The Balaban J connectivity index is 1.59. The number of allylic oxidation sites excluding steroid dienone is 2. The number of carbonyl (C=O) groups excluding carboxylic acids is 2. The number of aliphatic carboxylic acids is 1. The minimum absolute atomic E-state index is 0.00311. The second kappa shape index (κ2) is 5.23. The van der Waals surface area contributed by atoms with E-state index >= 15 is 0 Å². The summed E-state index contributed by atoms with van der Waals surface area (Å²) in [6.07, 6.45) is 4.61. The summed E-state index contributed by atoms with van der Waals surface area (Å²) in [5.74, 6) is -2.68. The second-order valence-corrected chi connectivity index (χ2v) is 6.37. The molecule has 2 aromatic carbocycles. The maximum atomic E-state index is 12.6. The van der Waals surface area contributed by atoms with Crippen LogP contribution in [0.15, 0.2) is 54.6 Å². The topological polar surface area (TPSA) is 69.2 Å². The van der Waals surface area contributed by atoms with Crippen molar-refractivity contribution in [2.24, 2.45) is 23.7 Å². The fraction of sp³-hybridized carbons (Fsp3) is 0.263. The molecule has 2 bridgehead atoms. The van der Waals surface area contributed by atoms with Gasteiger partial charge in [-0.1, -0.05) is 42.5 Å². The van der Waals surface area contributed by atoms with Crippen LogP contribution in [0.1, 0.15) is 6.42 Å². The molecule has 0 aliphatic heterocycles. The van der Waals surface area contributed by atoms with Crippen molar-refractivity contribution in [2.45, 2.75) is 6.42 Å².